The Morgan fingerprint density at radius 3 is 2.42 bits per heavy atom. The minimum Gasteiger partial charge on any atom is -0.312 e. The molecule has 8 heteroatoms. The van der Waals surface area contributed by atoms with Crippen molar-refractivity contribution in [3.05, 3.63) is 35.4 Å². The SMILES string of the molecule is CNS(=O)(=O)CCNCc1ccccc1C(F)(F)F. The first kappa shape index (κ1) is 15.9. The molecule has 0 spiro atoms. The number of halogens is 3. The fraction of sp³-hybridized carbons (Fsp3) is 0.455. The summed E-state index contributed by atoms with van der Waals surface area (Å²) < 4.78 is 62.3. The maximum absolute atomic E-state index is 12.7. The van der Waals surface area contributed by atoms with Gasteiger partial charge in [-0.15, -0.1) is 0 Å². The lowest BCUT2D eigenvalue weighted by molar-refractivity contribution is -0.138. The Bertz CT molecular complexity index is 515. The lowest BCUT2D eigenvalue weighted by atomic mass is 10.1. The van der Waals surface area contributed by atoms with Gasteiger partial charge in [0.1, 0.15) is 0 Å². The minimum absolute atomic E-state index is 0.0328. The van der Waals surface area contributed by atoms with Crippen molar-refractivity contribution in [1.29, 1.82) is 0 Å². The molecular formula is C11H15F3N2O2S. The molecule has 0 aliphatic rings. The minimum atomic E-state index is -4.41. The summed E-state index contributed by atoms with van der Waals surface area (Å²) in [7, 11) is -2.06. The molecule has 0 aliphatic heterocycles. The van der Waals surface area contributed by atoms with Crippen LogP contribution in [0.25, 0.3) is 0 Å². The normalized spacial score (nSPS) is 12.6. The molecule has 0 atom stereocenters. The molecule has 0 aliphatic carbocycles. The van der Waals surface area contributed by atoms with Gasteiger partial charge < -0.3 is 5.32 Å². The van der Waals surface area contributed by atoms with Gasteiger partial charge in [0, 0.05) is 13.1 Å². The molecule has 1 rings (SSSR count). The van der Waals surface area contributed by atoms with Gasteiger partial charge in [0.2, 0.25) is 10.0 Å². The Balaban J connectivity index is 2.60. The average Bonchev–Trinajstić information content (AvgIpc) is 2.34. The largest absolute Gasteiger partial charge is 0.416 e. The summed E-state index contributed by atoms with van der Waals surface area (Å²) in [6.07, 6.45) is -4.41. The summed E-state index contributed by atoms with van der Waals surface area (Å²) in [6.45, 7) is 0.0459. The molecule has 0 aromatic heterocycles. The van der Waals surface area contributed by atoms with Crippen molar-refractivity contribution in [1.82, 2.24) is 10.0 Å². The van der Waals surface area contributed by atoms with Crippen LogP contribution >= 0.6 is 0 Å². The van der Waals surface area contributed by atoms with Gasteiger partial charge in [0.05, 0.1) is 11.3 Å². The third-order valence-corrected chi connectivity index (χ3v) is 3.86. The van der Waals surface area contributed by atoms with Crippen LogP contribution in [0.1, 0.15) is 11.1 Å². The van der Waals surface area contributed by atoms with Gasteiger partial charge in [-0.3, -0.25) is 0 Å². The van der Waals surface area contributed by atoms with Crippen LogP contribution in [0.15, 0.2) is 24.3 Å². The molecule has 0 saturated heterocycles. The molecular weight excluding hydrogens is 281 g/mol. The first-order chi connectivity index (χ1) is 8.76. The summed E-state index contributed by atoms with van der Waals surface area (Å²) in [6, 6.07) is 5.19. The van der Waals surface area contributed by atoms with Crippen molar-refractivity contribution in [3.63, 3.8) is 0 Å². The van der Waals surface area contributed by atoms with E-state index in [-0.39, 0.29) is 24.4 Å². The van der Waals surface area contributed by atoms with Crippen LogP contribution in [0.3, 0.4) is 0 Å². The fourth-order valence-corrected chi connectivity index (χ4v) is 2.10. The van der Waals surface area contributed by atoms with Crippen LogP contribution in [0.4, 0.5) is 13.2 Å². The van der Waals surface area contributed by atoms with Crippen molar-refractivity contribution in [2.45, 2.75) is 12.7 Å². The van der Waals surface area contributed by atoms with Gasteiger partial charge in [-0.2, -0.15) is 13.2 Å². The third-order valence-electron chi connectivity index (χ3n) is 2.50. The van der Waals surface area contributed by atoms with Crippen LogP contribution < -0.4 is 10.0 Å². The maximum Gasteiger partial charge on any atom is 0.416 e. The predicted molar refractivity (Wildman–Crippen MR) is 66.0 cm³/mol. The summed E-state index contributed by atoms with van der Waals surface area (Å²) >= 11 is 0. The smallest absolute Gasteiger partial charge is 0.312 e. The Morgan fingerprint density at radius 1 is 1.21 bits per heavy atom. The molecule has 108 valence electrons. The van der Waals surface area contributed by atoms with E-state index in [9.17, 15) is 21.6 Å². The molecule has 0 unspecified atom stereocenters. The van der Waals surface area contributed by atoms with Gasteiger partial charge in [-0.25, -0.2) is 13.1 Å². The van der Waals surface area contributed by atoms with Gasteiger partial charge in [-0.05, 0) is 18.7 Å². The average molecular weight is 296 g/mol. The van der Waals surface area contributed by atoms with E-state index in [1.165, 1.54) is 25.2 Å². The van der Waals surface area contributed by atoms with E-state index in [1.807, 2.05) is 0 Å². The van der Waals surface area contributed by atoms with Crippen LogP contribution in [-0.2, 0) is 22.7 Å². The second-order valence-corrected chi connectivity index (χ2v) is 5.90. The molecule has 0 fully saturated rings. The molecule has 0 heterocycles. The van der Waals surface area contributed by atoms with Gasteiger partial charge >= 0.3 is 6.18 Å². The number of nitrogens with one attached hydrogen (secondary N) is 2. The summed E-state index contributed by atoms with van der Waals surface area (Å²) in [5.41, 5.74) is -0.615. The Morgan fingerprint density at radius 2 is 1.84 bits per heavy atom. The monoisotopic (exact) mass is 296 g/mol. The lowest BCUT2D eigenvalue weighted by Gasteiger charge is -2.13. The number of hydrogen-bond donors (Lipinski definition) is 2. The van der Waals surface area contributed by atoms with E-state index < -0.39 is 21.8 Å². The highest BCUT2D eigenvalue weighted by Crippen LogP contribution is 2.31. The van der Waals surface area contributed by atoms with Crippen molar-refractivity contribution in [2.24, 2.45) is 0 Å². The molecule has 4 nitrogen and oxygen atoms in total. The van der Waals surface area contributed by atoms with E-state index >= 15 is 0 Å². The van der Waals surface area contributed by atoms with Gasteiger partial charge in [0.25, 0.3) is 0 Å². The zero-order valence-electron chi connectivity index (χ0n) is 10.3. The zero-order chi connectivity index (χ0) is 14.5. The van der Waals surface area contributed by atoms with E-state index in [4.69, 9.17) is 0 Å². The summed E-state index contributed by atoms with van der Waals surface area (Å²) in [4.78, 5) is 0. The predicted octanol–water partition coefficient (Wildman–Crippen LogP) is 1.34. The molecule has 1 aromatic carbocycles. The molecule has 0 radical (unpaired) electrons. The van der Waals surface area contributed by atoms with E-state index in [0.29, 0.717) is 0 Å². The maximum atomic E-state index is 12.7. The Hall–Kier alpha value is -1.12. The van der Waals surface area contributed by atoms with E-state index in [0.717, 1.165) is 6.07 Å². The fourth-order valence-electron chi connectivity index (χ4n) is 1.48. The van der Waals surface area contributed by atoms with E-state index in [2.05, 4.69) is 10.0 Å². The number of hydrogen-bond acceptors (Lipinski definition) is 3. The molecule has 2 N–H and O–H groups in total. The molecule has 19 heavy (non-hydrogen) atoms. The molecule has 0 bridgehead atoms. The molecule has 1 aromatic rings. The second-order valence-electron chi connectivity index (χ2n) is 3.85. The van der Waals surface area contributed by atoms with Crippen LogP contribution in [0.2, 0.25) is 0 Å². The summed E-state index contributed by atoms with van der Waals surface area (Å²) in [5, 5.41) is 2.69. The molecule has 0 saturated carbocycles. The standard InChI is InChI=1S/C11H15F3N2O2S/c1-15-19(17,18)7-6-16-8-9-4-2-3-5-10(9)11(12,13)14/h2-5,15-16H,6-8H2,1H3. The molecule has 0 amide bonds. The van der Waals surface area contributed by atoms with Crippen molar-refractivity contribution in [3.8, 4) is 0 Å². The summed E-state index contributed by atoms with van der Waals surface area (Å²) in [5.74, 6) is -0.183. The highest BCUT2D eigenvalue weighted by atomic mass is 32.2. The highest BCUT2D eigenvalue weighted by Gasteiger charge is 2.32. The Labute approximate surface area is 110 Å². The van der Waals surface area contributed by atoms with E-state index in [1.54, 1.807) is 0 Å². The third kappa shape index (κ3) is 5.17. The second kappa shape index (κ2) is 6.36. The van der Waals surface area contributed by atoms with Crippen LogP contribution in [0, 0.1) is 0 Å². The zero-order valence-corrected chi connectivity index (χ0v) is 11.1. The van der Waals surface area contributed by atoms with Crippen LogP contribution in [0.5, 0.6) is 0 Å². The highest BCUT2D eigenvalue weighted by molar-refractivity contribution is 7.89. The lowest BCUT2D eigenvalue weighted by Crippen LogP contribution is -2.29. The van der Waals surface area contributed by atoms with Crippen molar-refractivity contribution in [2.75, 3.05) is 19.3 Å². The first-order valence-corrected chi connectivity index (χ1v) is 7.18. The number of rotatable bonds is 6. The Kier molecular flexibility index (Phi) is 5.33. The van der Waals surface area contributed by atoms with Crippen molar-refractivity contribution < 1.29 is 21.6 Å². The van der Waals surface area contributed by atoms with Crippen molar-refractivity contribution >= 4 is 10.0 Å². The van der Waals surface area contributed by atoms with Gasteiger partial charge in [-0.1, -0.05) is 18.2 Å². The topological polar surface area (TPSA) is 58.2 Å². The number of alkyl halides is 3. The first-order valence-electron chi connectivity index (χ1n) is 5.53. The van der Waals surface area contributed by atoms with Gasteiger partial charge in [0.15, 0.2) is 0 Å². The quantitative estimate of drug-likeness (QED) is 0.779. The number of benzene rings is 1. The number of sulfonamides is 1. The van der Waals surface area contributed by atoms with Crippen LogP contribution in [-0.4, -0.2) is 27.8 Å².